The van der Waals surface area contributed by atoms with Crippen LogP contribution in [0, 0.1) is 0 Å². The number of unbranched alkanes of at least 4 members (excludes halogenated alkanes) is 14. The third-order valence-corrected chi connectivity index (χ3v) is 10.7. The molecule has 0 saturated heterocycles. The van der Waals surface area contributed by atoms with Crippen molar-refractivity contribution in [2.24, 2.45) is 0 Å². The molecular formula is C48H96O22. The minimum atomic E-state index is -1.21. The first-order valence-corrected chi connectivity index (χ1v) is 25.5. The maximum Gasteiger partial charge on any atom is 0.305 e. The van der Waals surface area contributed by atoms with Gasteiger partial charge in [0, 0.05) is 6.42 Å². The summed E-state index contributed by atoms with van der Waals surface area (Å²) in [5, 5.41) is 105. The van der Waals surface area contributed by atoms with Crippen LogP contribution >= 0.6 is 0 Å². The molecule has 0 aromatic heterocycles. The predicted molar refractivity (Wildman–Crippen MR) is 255 cm³/mol. The predicted octanol–water partition coefficient (Wildman–Crippen LogP) is -0.458. The Morgan fingerprint density at radius 3 is 0.943 bits per heavy atom. The van der Waals surface area contributed by atoms with E-state index < -0.39 is 107 Å². The fourth-order valence-electron chi connectivity index (χ4n) is 6.45. The van der Waals surface area contributed by atoms with Crippen LogP contribution in [0.2, 0.25) is 0 Å². The van der Waals surface area contributed by atoms with Crippen molar-refractivity contribution in [3.63, 3.8) is 0 Å². The van der Waals surface area contributed by atoms with E-state index in [1.165, 1.54) is 70.6 Å². The van der Waals surface area contributed by atoms with Crippen LogP contribution in [-0.2, 0) is 52.2 Å². The Morgan fingerprint density at radius 1 is 0.314 bits per heavy atom. The second-order valence-electron chi connectivity index (χ2n) is 17.7. The maximum absolute atomic E-state index is 12.9. The highest BCUT2D eigenvalue weighted by atomic mass is 16.6. The standard InChI is InChI=1S/C48H96O22/c1-2-3-4-5-6-7-8-9-10-11-12-13-14-15-16-17-48(60)70-37-47(34-64-31-44(66-27-41(58)21-52)30-61-24-38(55)18-49)69-36-46(33-63-29-43(23-54)65-26-40(57)20-51)68-35-45(67-28-42(59)22-53)32-62-25-39(56)19-50/h38-47,49-59H,2-37H2,1H3. The molecule has 0 fully saturated rings. The molecule has 0 saturated carbocycles. The van der Waals surface area contributed by atoms with Gasteiger partial charge in [0.25, 0.3) is 0 Å². The van der Waals surface area contributed by atoms with E-state index in [1.807, 2.05) is 0 Å². The Kier molecular flexibility index (Phi) is 48.9. The van der Waals surface area contributed by atoms with Gasteiger partial charge < -0.3 is 104 Å². The highest BCUT2D eigenvalue weighted by molar-refractivity contribution is 5.69. The van der Waals surface area contributed by atoms with E-state index in [0.717, 1.165) is 19.3 Å². The minimum Gasteiger partial charge on any atom is -0.463 e. The van der Waals surface area contributed by atoms with E-state index in [2.05, 4.69) is 6.92 Å². The van der Waals surface area contributed by atoms with E-state index in [1.54, 1.807) is 0 Å². The van der Waals surface area contributed by atoms with Crippen molar-refractivity contribution in [1.82, 2.24) is 0 Å². The monoisotopic (exact) mass is 1020 g/mol. The van der Waals surface area contributed by atoms with E-state index in [9.17, 15) is 50.8 Å². The fourth-order valence-corrected chi connectivity index (χ4v) is 6.45. The smallest absolute Gasteiger partial charge is 0.305 e. The second kappa shape index (κ2) is 49.9. The second-order valence-corrected chi connectivity index (χ2v) is 17.7. The van der Waals surface area contributed by atoms with Crippen LogP contribution < -0.4 is 0 Å². The van der Waals surface area contributed by atoms with E-state index in [4.69, 9.17) is 57.6 Å². The average Bonchev–Trinajstić information content (AvgIpc) is 3.37. The summed E-state index contributed by atoms with van der Waals surface area (Å²) in [4.78, 5) is 12.9. The first-order chi connectivity index (χ1) is 33.9. The van der Waals surface area contributed by atoms with Gasteiger partial charge in [-0.1, -0.05) is 96.8 Å². The molecule has 420 valence electrons. The Bertz CT molecular complexity index is 1100. The molecule has 70 heavy (non-hydrogen) atoms. The molecule has 22 heteroatoms. The van der Waals surface area contributed by atoms with Crippen LogP contribution in [-0.4, -0.2) is 255 Å². The molecule has 11 N–H and O–H groups in total. The molecule has 0 rings (SSSR count). The van der Waals surface area contributed by atoms with E-state index in [0.29, 0.717) is 6.42 Å². The molecule has 0 radical (unpaired) electrons. The summed E-state index contributed by atoms with van der Waals surface area (Å²) in [6.45, 7) is -3.67. The molecule has 0 aliphatic carbocycles. The number of rotatable bonds is 55. The number of hydrogen-bond acceptors (Lipinski definition) is 22. The molecule has 0 spiro atoms. The Hall–Kier alpha value is -1.33. The molecule has 0 heterocycles. The lowest BCUT2D eigenvalue weighted by molar-refractivity contribution is -0.160. The van der Waals surface area contributed by atoms with Crippen LogP contribution in [0.25, 0.3) is 0 Å². The summed E-state index contributed by atoms with van der Waals surface area (Å²) in [6.07, 6.45) is 7.93. The SMILES string of the molecule is CCCCCCCCCCCCCCCCCC(=O)OCC(COCC(COCC(O)CO)OCC(O)CO)OCC(COCC(CO)OCC(O)CO)OCC(COCC(O)CO)OCC(O)CO. The fraction of sp³-hybridized carbons (Fsp3) is 0.979. The molecular weight excluding hydrogens is 929 g/mol. The minimum absolute atomic E-state index is 0.110. The summed E-state index contributed by atoms with van der Waals surface area (Å²) < 4.78 is 57.4. The number of aliphatic hydroxyl groups is 11. The van der Waals surface area contributed by atoms with Crippen molar-refractivity contribution >= 4 is 5.97 Å². The molecule has 0 amide bonds. The third-order valence-electron chi connectivity index (χ3n) is 10.7. The number of hydrogen-bond donors (Lipinski definition) is 11. The van der Waals surface area contributed by atoms with Gasteiger partial charge in [-0.05, 0) is 6.42 Å². The van der Waals surface area contributed by atoms with Gasteiger partial charge in [-0.3, -0.25) is 4.79 Å². The van der Waals surface area contributed by atoms with Gasteiger partial charge in [0.15, 0.2) is 0 Å². The van der Waals surface area contributed by atoms with Crippen molar-refractivity contribution in [3.8, 4) is 0 Å². The lowest BCUT2D eigenvalue weighted by Gasteiger charge is -2.26. The van der Waals surface area contributed by atoms with Crippen molar-refractivity contribution in [2.45, 2.75) is 171 Å². The van der Waals surface area contributed by atoms with Gasteiger partial charge in [0.05, 0.1) is 126 Å². The van der Waals surface area contributed by atoms with Gasteiger partial charge in [0.2, 0.25) is 0 Å². The van der Waals surface area contributed by atoms with Gasteiger partial charge in [-0.25, -0.2) is 0 Å². The van der Waals surface area contributed by atoms with E-state index in [-0.39, 0.29) is 98.9 Å². The molecule has 0 bridgehead atoms. The summed E-state index contributed by atoms with van der Waals surface area (Å²) in [5.41, 5.74) is 0. The Balaban J connectivity index is 5.77. The van der Waals surface area contributed by atoms with E-state index >= 15 is 0 Å². The van der Waals surface area contributed by atoms with Crippen molar-refractivity contribution in [3.05, 3.63) is 0 Å². The molecule has 10 unspecified atom stereocenters. The number of aliphatic hydroxyl groups excluding tert-OH is 11. The normalized spacial score (nSPS) is 16.3. The number of carbonyl (C=O) groups is 1. The molecule has 22 nitrogen and oxygen atoms in total. The first-order valence-electron chi connectivity index (χ1n) is 25.5. The molecule has 0 aromatic carbocycles. The van der Waals surface area contributed by atoms with Crippen LogP contribution in [0.1, 0.15) is 110 Å². The Morgan fingerprint density at radius 2 is 0.586 bits per heavy atom. The molecule has 0 aromatic rings. The zero-order valence-corrected chi connectivity index (χ0v) is 42.1. The first kappa shape index (κ1) is 68.7. The quantitative estimate of drug-likeness (QED) is 0.0271. The maximum atomic E-state index is 12.9. The molecule has 0 aliphatic heterocycles. The Labute approximate surface area is 416 Å². The zero-order chi connectivity index (χ0) is 51.9. The lowest BCUT2D eigenvalue weighted by atomic mass is 10.0. The van der Waals surface area contributed by atoms with Gasteiger partial charge in [-0.2, -0.15) is 0 Å². The number of ether oxygens (including phenoxy) is 10. The third kappa shape index (κ3) is 43.1. The van der Waals surface area contributed by atoms with Crippen molar-refractivity contribution in [2.75, 3.05) is 132 Å². The largest absolute Gasteiger partial charge is 0.463 e. The average molecular weight is 1030 g/mol. The highest BCUT2D eigenvalue weighted by Gasteiger charge is 2.23. The number of esters is 1. The van der Waals surface area contributed by atoms with Crippen molar-refractivity contribution < 1.29 is 108 Å². The van der Waals surface area contributed by atoms with Crippen LogP contribution in [0.5, 0.6) is 0 Å². The van der Waals surface area contributed by atoms with Crippen LogP contribution in [0.3, 0.4) is 0 Å². The summed E-state index contributed by atoms with van der Waals surface area (Å²) in [7, 11) is 0. The number of carbonyl (C=O) groups excluding carboxylic acids is 1. The summed E-state index contributed by atoms with van der Waals surface area (Å²) in [5.74, 6) is -0.424. The highest BCUT2D eigenvalue weighted by Crippen LogP contribution is 2.15. The summed E-state index contributed by atoms with van der Waals surface area (Å²) >= 11 is 0. The van der Waals surface area contributed by atoms with Gasteiger partial charge in [-0.15, -0.1) is 0 Å². The van der Waals surface area contributed by atoms with Crippen LogP contribution in [0.4, 0.5) is 0 Å². The lowest BCUT2D eigenvalue weighted by Crippen LogP contribution is -2.38. The zero-order valence-electron chi connectivity index (χ0n) is 42.1. The van der Waals surface area contributed by atoms with Crippen LogP contribution in [0.15, 0.2) is 0 Å². The van der Waals surface area contributed by atoms with Gasteiger partial charge in [0.1, 0.15) is 67.6 Å². The molecule has 10 atom stereocenters. The molecule has 0 aliphatic rings. The summed E-state index contributed by atoms with van der Waals surface area (Å²) in [6, 6.07) is 0. The van der Waals surface area contributed by atoms with Crippen molar-refractivity contribution in [1.29, 1.82) is 0 Å². The topological polar surface area (TPSA) is 332 Å². The van der Waals surface area contributed by atoms with Gasteiger partial charge >= 0.3 is 5.97 Å².